The van der Waals surface area contributed by atoms with Crippen LogP contribution in [0.3, 0.4) is 0 Å². The van der Waals surface area contributed by atoms with Crippen LogP contribution in [0.4, 0.5) is 0 Å². The first-order valence-electron chi connectivity index (χ1n) is 14.9. The molecule has 1 amide bonds. The van der Waals surface area contributed by atoms with Crippen molar-refractivity contribution in [1.82, 2.24) is 10.5 Å². The standard InChI is InChI=1S/C36H34Cl2N2O6S/c1-36(2,3)27-13-11-24(12-14-27)32(17-23-7-9-25(10-8-23)35(41)39-15-16-47(42,43)44)33-22-34(46-40-33)26-5-4-6-30(18-26)45-31-20-28(37)19-29(38)21-31/h4-14,18-22,32H,15-17H2,1-3H3,(H,39,41)(H,42,43,44)/p-1. The van der Waals surface area contributed by atoms with E-state index in [-0.39, 0.29) is 17.9 Å². The van der Waals surface area contributed by atoms with Crippen molar-refractivity contribution in [3.05, 3.63) is 135 Å². The van der Waals surface area contributed by atoms with Crippen molar-refractivity contribution >= 4 is 39.2 Å². The largest absolute Gasteiger partial charge is 0.748 e. The van der Waals surface area contributed by atoms with E-state index < -0.39 is 21.8 Å². The molecule has 1 heterocycles. The summed E-state index contributed by atoms with van der Waals surface area (Å²) in [7, 11) is -4.41. The van der Waals surface area contributed by atoms with Gasteiger partial charge >= 0.3 is 0 Å². The molecule has 0 radical (unpaired) electrons. The quantitative estimate of drug-likeness (QED) is 0.138. The molecule has 47 heavy (non-hydrogen) atoms. The van der Waals surface area contributed by atoms with Gasteiger partial charge in [0.2, 0.25) is 0 Å². The maximum atomic E-state index is 12.5. The lowest BCUT2D eigenvalue weighted by molar-refractivity contribution is 0.0956. The lowest BCUT2D eigenvalue weighted by Crippen LogP contribution is -2.28. The van der Waals surface area contributed by atoms with Crippen molar-refractivity contribution in [2.75, 3.05) is 12.3 Å². The smallest absolute Gasteiger partial charge is 0.251 e. The van der Waals surface area contributed by atoms with Gasteiger partial charge in [0.1, 0.15) is 11.5 Å². The van der Waals surface area contributed by atoms with Crippen LogP contribution < -0.4 is 10.1 Å². The predicted octanol–water partition coefficient (Wildman–Crippen LogP) is 8.39. The van der Waals surface area contributed by atoms with E-state index in [1.165, 1.54) is 5.56 Å². The van der Waals surface area contributed by atoms with E-state index in [0.29, 0.717) is 39.3 Å². The van der Waals surface area contributed by atoms with E-state index in [4.69, 9.17) is 32.5 Å². The van der Waals surface area contributed by atoms with Gasteiger partial charge in [-0.25, -0.2) is 8.42 Å². The zero-order valence-corrected chi connectivity index (χ0v) is 28.3. The van der Waals surface area contributed by atoms with Crippen LogP contribution in [0.15, 0.2) is 102 Å². The Morgan fingerprint density at radius 1 is 0.915 bits per heavy atom. The average Bonchev–Trinajstić information content (AvgIpc) is 3.49. The van der Waals surface area contributed by atoms with Crippen LogP contribution in [-0.4, -0.2) is 36.3 Å². The second kappa shape index (κ2) is 14.3. The van der Waals surface area contributed by atoms with Crippen LogP contribution in [-0.2, 0) is 22.0 Å². The normalized spacial score (nSPS) is 12.5. The zero-order valence-electron chi connectivity index (χ0n) is 26.0. The molecule has 11 heteroatoms. The third kappa shape index (κ3) is 9.45. The molecular weight excluding hydrogens is 659 g/mol. The van der Waals surface area contributed by atoms with E-state index in [1.54, 1.807) is 30.3 Å². The summed E-state index contributed by atoms with van der Waals surface area (Å²) in [6.45, 7) is 6.25. The highest BCUT2D eigenvalue weighted by Crippen LogP contribution is 2.35. The van der Waals surface area contributed by atoms with Gasteiger partial charge in [0.05, 0.1) is 21.6 Å². The molecule has 4 aromatic carbocycles. The fourth-order valence-corrected chi connectivity index (χ4v) is 5.91. The summed E-state index contributed by atoms with van der Waals surface area (Å²) in [5, 5.41) is 7.89. The highest BCUT2D eigenvalue weighted by Gasteiger charge is 2.22. The lowest BCUT2D eigenvalue weighted by atomic mass is 9.83. The van der Waals surface area contributed by atoms with Crippen molar-refractivity contribution < 1.29 is 27.0 Å². The van der Waals surface area contributed by atoms with E-state index in [0.717, 1.165) is 22.4 Å². The number of halogens is 2. The van der Waals surface area contributed by atoms with E-state index in [2.05, 4.69) is 55.5 Å². The van der Waals surface area contributed by atoms with Crippen LogP contribution >= 0.6 is 23.2 Å². The highest BCUT2D eigenvalue weighted by atomic mass is 35.5. The van der Waals surface area contributed by atoms with Crippen molar-refractivity contribution in [1.29, 1.82) is 0 Å². The molecule has 0 aliphatic rings. The molecule has 1 atom stereocenters. The molecule has 0 bridgehead atoms. The van der Waals surface area contributed by atoms with Crippen LogP contribution in [0.25, 0.3) is 11.3 Å². The minimum Gasteiger partial charge on any atom is -0.748 e. The number of nitrogens with one attached hydrogen (secondary N) is 1. The second-order valence-corrected chi connectivity index (χ2v) is 14.6. The molecule has 1 N–H and O–H groups in total. The minimum atomic E-state index is -4.41. The fraction of sp³-hybridized carbons (Fsp3) is 0.222. The zero-order chi connectivity index (χ0) is 33.8. The van der Waals surface area contributed by atoms with Gasteiger partial charge in [0.25, 0.3) is 5.91 Å². The van der Waals surface area contributed by atoms with Crippen molar-refractivity contribution in [3.8, 4) is 22.8 Å². The van der Waals surface area contributed by atoms with Crippen LogP contribution in [0.5, 0.6) is 11.5 Å². The molecule has 0 aliphatic heterocycles. The Bertz CT molecular complexity index is 1950. The van der Waals surface area contributed by atoms with Gasteiger partial charge in [0, 0.05) is 39.7 Å². The number of aromatic nitrogens is 1. The average molecular weight is 693 g/mol. The Morgan fingerprint density at radius 3 is 2.23 bits per heavy atom. The van der Waals surface area contributed by atoms with Crippen LogP contribution in [0, 0.1) is 0 Å². The summed E-state index contributed by atoms with van der Waals surface area (Å²) >= 11 is 12.3. The number of carbonyl (C=O) groups excluding carboxylic acids is 1. The molecule has 5 aromatic rings. The van der Waals surface area contributed by atoms with Crippen molar-refractivity contribution in [2.45, 2.75) is 38.5 Å². The Morgan fingerprint density at radius 2 is 1.60 bits per heavy atom. The third-order valence-corrected chi connectivity index (χ3v) is 8.69. The number of carbonyl (C=O) groups is 1. The summed E-state index contributed by atoms with van der Waals surface area (Å²) in [5.74, 6) is 0.359. The highest BCUT2D eigenvalue weighted by molar-refractivity contribution is 7.85. The van der Waals surface area contributed by atoms with Gasteiger partial charge in [-0.3, -0.25) is 4.79 Å². The number of amides is 1. The van der Waals surface area contributed by atoms with Gasteiger partial charge in [-0.15, -0.1) is 0 Å². The minimum absolute atomic E-state index is 0.00707. The molecule has 5 rings (SSSR count). The number of hydrogen-bond donors (Lipinski definition) is 1. The molecule has 0 fully saturated rings. The monoisotopic (exact) mass is 691 g/mol. The molecule has 244 valence electrons. The number of benzene rings is 4. The Balaban J connectivity index is 1.39. The first-order chi connectivity index (χ1) is 22.2. The summed E-state index contributed by atoms with van der Waals surface area (Å²) < 4.78 is 44.4. The number of hydrogen-bond acceptors (Lipinski definition) is 7. The Hall–Kier alpha value is -4.15. The molecule has 1 aromatic heterocycles. The molecule has 1 unspecified atom stereocenters. The third-order valence-electron chi connectivity index (χ3n) is 7.55. The molecule has 0 spiro atoms. The van der Waals surface area contributed by atoms with Crippen molar-refractivity contribution in [3.63, 3.8) is 0 Å². The van der Waals surface area contributed by atoms with Gasteiger partial charge in [-0.2, -0.15) is 0 Å². The summed E-state index contributed by atoms with van der Waals surface area (Å²) in [5.41, 5.74) is 5.07. The van der Waals surface area contributed by atoms with Gasteiger partial charge in [-0.1, -0.05) is 97.7 Å². The van der Waals surface area contributed by atoms with Gasteiger partial charge in [0.15, 0.2) is 5.76 Å². The van der Waals surface area contributed by atoms with E-state index in [1.807, 2.05) is 42.5 Å². The topological polar surface area (TPSA) is 122 Å². The predicted molar refractivity (Wildman–Crippen MR) is 183 cm³/mol. The molecule has 0 saturated carbocycles. The van der Waals surface area contributed by atoms with Gasteiger partial charge < -0.3 is 19.1 Å². The van der Waals surface area contributed by atoms with E-state index >= 15 is 0 Å². The molecular formula is C36H33Cl2N2O6S-. The summed E-state index contributed by atoms with van der Waals surface area (Å²) in [4.78, 5) is 12.5. The summed E-state index contributed by atoms with van der Waals surface area (Å²) in [6.07, 6.45) is 0.565. The Kier molecular flexibility index (Phi) is 10.4. The number of nitrogens with zero attached hydrogens (tertiary/aromatic N) is 1. The van der Waals surface area contributed by atoms with Crippen molar-refractivity contribution in [2.24, 2.45) is 0 Å². The Labute approximate surface area is 284 Å². The number of rotatable bonds is 11. The van der Waals surface area contributed by atoms with Crippen LogP contribution in [0.2, 0.25) is 10.0 Å². The molecule has 0 aliphatic carbocycles. The lowest BCUT2D eigenvalue weighted by Gasteiger charge is -2.21. The van der Waals surface area contributed by atoms with Gasteiger partial charge in [-0.05, 0) is 71.0 Å². The molecule has 0 saturated heterocycles. The van der Waals surface area contributed by atoms with E-state index in [9.17, 15) is 17.8 Å². The van der Waals surface area contributed by atoms with Crippen LogP contribution in [0.1, 0.15) is 59.4 Å². The first-order valence-corrected chi connectivity index (χ1v) is 17.2. The molecule has 8 nitrogen and oxygen atoms in total. The fourth-order valence-electron chi connectivity index (χ4n) is 5.05. The second-order valence-electron chi connectivity index (χ2n) is 12.2. The first kappa shape index (κ1) is 34.2. The maximum absolute atomic E-state index is 12.5. The number of ether oxygens (including phenoxy) is 1. The maximum Gasteiger partial charge on any atom is 0.251 e. The SMILES string of the molecule is CC(C)(C)c1ccc(C(Cc2ccc(C(=O)NCCS(=O)(=O)[O-])cc2)c2cc(-c3cccc(Oc4cc(Cl)cc(Cl)c4)c3)on2)cc1. The summed E-state index contributed by atoms with van der Waals surface area (Å²) in [6, 6.07) is 29.9.